The number of Topliss-reactive ketones (excluding diaryl/α,β-unsaturated/α-hetero) is 2. The third-order valence-corrected chi connectivity index (χ3v) is 5.70. The zero-order valence-electron chi connectivity index (χ0n) is 19.7. The molecule has 0 bridgehead atoms. The molecule has 1 atom stereocenters. The van der Waals surface area contributed by atoms with Crippen LogP contribution in [0.2, 0.25) is 0 Å². The normalized spacial score (nSPS) is 14.6. The summed E-state index contributed by atoms with van der Waals surface area (Å²) in [6.45, 7) is 5.28. The van der Waals surface area contributed by atoms with Gasteiger partial charge in [0, 0.05) is 12.0 Å². The molecule has 3 rings (SSSR count). The van der Waals surface area contributed by atoms with Crippen LogP contribution in [0.4, 0.5) is 0 Å². The molecular formula is C26H30O8. The summed E-state index contributed by atoms with van der Waals surface area (Å²) in [4.78, 5) is 35.2. The number of aryl methyl sites for hydroxylation is 1. The number of phenolic OH excluding ortho intramolecular Hbond substituents is 1. The Kier molecular flexibility index (Phi) is 8.15. The van der Waals surface area contributed by atoms with Gasteiger partial charge in [0.05, 0.1) is 24.3 Å². The van der Waals surface area contributed by atoms with Gasteiger partial charge in [0.25, 0.3) is 0 Å². The van der Waals surface area contributed by atoms with Crippen molar-refractivity contribution in [2.45, 2.75) is 59.0 Å². The molecule has 8 nitrogen and oxygen atoms in total. The van der Waals surface area contributed by atoms with Gasteiger partial charge in [0.1, 0.15) is 11.5 Å². The van der Waals surface area contributed by atoms with Gasteiger partial charge in [-0.1, -0.05) is 19.4 Å². The molecule has 2 N–H and O–H groups in total. The highest BCUT2D eigenvalue weighted by atomic mass is 16.5. The zero-order chi connectivity index (χ0) is 24.8. The van der Waals surface area contributed by atoms with Crippen LogP contribution in [0.25, 0.3) is 0 Å². The Hall–Kier alpha value is -3.55. The third kappa shape index (κ3) is 5.50. The number of ether oxygens (including phenoxy) is 3. The number of fused-ring (bicyclic) bond motifs is 1. The lowest BCUT2D eigenvalue weighted by Gasteiger charge is -2.26. The number of aromatic hydroxyl groups is 1. The lowest BCUT2D eigenvalue weighted by atomic mass is 9.98. The van der Waals surface area contributed by atoms with Gasteiger partial charge >= 0.3 is 5.97 Å². The fourth-order valence-corrected chi connectivity index (χ4v) is 3.96. The molecule has 8 heteroatoms. The molecule has 1 unspecified atom stereocenters. The van der Waals surface area contributed by atoms with Crippen molar-refractivity contribution in [3.63, 3.8) is 0 Å². The number of carboxylic acids is 1. The number of carbonyl (C=O) groups is 3. The maximum Gasteiger partial charge on any atom is 0.344 e. The smallest absolute Gasteiger partial charge is 0.344 e. The maximum absolute atomic E-state index is 12.1. The van der Waals surface area contributed by atoms with Crippen LogP contribution >= 0.6 is 0 Å². The van der Waals surface area contributed by atoms with Crippen LogP contribution in [0.1, 0.15) is 71.9 Å². The van der Waals surface area contributed by atoms with Gasteiger partial charge in [-0.3, -0.25) is 9.59 Å². The minimum Gasteiger partial charge on any atom is -0.507 e. The van der Waals surface area contributed by atoms with Crippen molar-refractivity contribution in [1.82, 2.24) is 0 Å². The van der Waals surface area contributed by atoms with Gasteiger partial charge in [-0.15, -0.1) is 0 Å². The first-order chi connectivity index (χ1) is 16.2. The van der Waals surface area contributed by atoms with Crippen LogP contribution in [0, 0.1) is 0 Å². The molecule has 182 valence electrons. The van der Waals surface area contributed by atoms with Crippen molar-refractivity contribution >= 4 is 17.5 Å². The number of benzene rings is 2. The van der Waals surface area contributed by atoms with E-state index in [0.717, 1.165) is 12.0 Å². The van der Waals surface area contributed by atoms with Crippen molar-refractivity contribution < 1.29 is 38.8 Å². The zero-order valence-corrected chi connectivity index (χ0v) is 19.7. The van der Waals surface area contributed by atoms with E-state index in [-0.39, 0.29) is 41.8 Å². The molecule has 2 aromatic carbocycles. The molecule has 34 heavy (non-hydrogen) atoms. The van der Waals surface area contributed by atoms with E-state index in [1.807, 2.05) is 6.92 Å². The number of phenols is 1. The van der Waals surface area contributed by atoms with E-state index in [4.69, 9.17) is 14.2 Å². The number of carboxylic acid groups (broad SMARTS) is 1. The van der Waals surface area contributed by atoms with Crippen LogP contribution in [0.3, 0.4) is 0 Å². The van der Waals surface area contributed by atoms with Gasteiger partial charge in [-0.25, -0.2) is 4.79 Å². The number of aliphatic carboxylic acids is 1. The molecule has 0 amide bonds. The van der Waals surface area contributed by atoms with Gasteiger partial charge in [0.15, 0.2) is 29.2 Å². The molecule has 1 aliphatic heterocycles. The van der Waals surface area contributed by atoms with Gasteiger partial charge in [0.2, 0.25) is 0 Å². The Morgan fingerprint density at radius 3 is 2.35 bits per heavy atom. The maximum atomic E-state index is 12.1. The van der Waals surface area contributed by atoms with Crippen molar-refractivity contribution in [2.24, 2.45) is 0 Å². The minimum atomic E-state index is -1.06. The summed E-state index contributed by atoms with van der Waals surface area (Å²) < 4.78 is 17.4. The van der Waals surface area contributed by atoms with Crippen LogP contribution in [-0.4, -0.2) is 47.1 Å². The summed E-state index contributed by atoms with van der Waals surface area (Å²) in [5.74, 6) is -0.447. The fraction of sp³-hybridized carbons (Fsp3) is 0.423. The average molecular weight is 471 g/mol. The Bertz CT molecular complexity index is 1090. The number of carbonyl (C=O) groups excluding carboxylic acids is 2. The van der Waals surface area contributed by atoms with Crippen LogP contribution in [0.15, 0.2) is 24.3 Å². The molecule has 0 saturated heterocycles. The Morgan fingerprint density at radius 1 is 1.03 bits per heavy atom. The Balaban J connectivity index is 1.69. The monoisotopic (exact) mass is 470 g/mol. The van der Waals surface area contributed by atoms with Gasteiger partial charge in [-0.2, -0.15) is 0 Å². The van der Waals surface area contributed by atoms with Gasteiger partial charge in [-0.05, 0) is 56.9 Å². The molecule has 1 aliphatic rings. The van der Waals surface area contributed by atoms with Crippen molar-refractivity contribution in [1.29, 1.82) is 0 Å². The van der Waals surface area contributed by atoms with E-state index in [1.54, 1.807) is 24.3 Å². The summed E-state index contributed by atoms with van der Waals surface area (Å²) >= 11 is 0. The minimum absolute atomic E-state index is 0.0461. The Morgan fingerprint density at radius 2 is 1.71 bits per heavy atom. The molecule has 0 fully saturated rings. The molecule has 0 spiro atoms. The second kappa shape index (κ2) is 11.0. The first-order valence-electron chi connectivity index (χ1n) is 11.4. The van der Waals surface area contributed by atoms with E-state index in [9.17, 15) is 24.6 Å². The first-order valence-corrected chi connectivity index (χ1v) is 11.4. The average Bonchev–Trinajstić information content (AvgIpc) is 2.79. The largest absolute Gasteiger partial charge is 0.507 e. The number of ketones is 2. The van der Waals surface area contributed by atoms with Crippen molar-refractivity contribution in [2.75, 3.05) is 13.2 Å². The third-order valence-electron chi connectivity index (χ3n) is 5.70. The fourth-order valence-electron chi connectivity index (χ4n) is 3.96. The summed E-state index contributed by atoms with van der Waals surface area (Å²) in [5, 5.41) is 19.8. The van der Waals surface area contributed by atoms with E-state index in [0.29, 0.717) is 48.3 Å². The lowest BCUT2D eigenvalue weighted by Crippen LogP contribution is -2.31. The van der Waals surface area contributed by atoms with Crippen molar-refractivity contribution in [3.8, 4) is 23.0 Å². The van der Waals surface area contributed by atoms with Crippen LogP contribution in [-0.2, 0) is 17.6 Å². The van der Waals surface area contributed by atoms with E-state index in [1.165, 1.54) is 13.8 Å². The van der Waals surface area contributed by atoms with E-state index < -0.39 is 12.1 Å². The molecule has 1 heterocycles. The topological polar surface area (TPSA) is 119 Å². The summed E-state index contributed by atoms with van der Waals surface area (Å²) in [7, 11) is 0. The molecular weight excluding hydrogens is 440 g/mol. The lowest BCUT2D eigenvalue weighted by molar-refractivity contribution is -0.145. The summed E-state index contributed by atoms with van der Waals surface area (Å²) in [5.41, 5.74) is 2.00. The predicted molar refractivity (Wildman–Crippen MR) is 125 cm³/mol. The molecule has 0 radical (unpaired) electrons. The number of hydrogen-bond donors (Lipinski definition) is 2. The Labute approximate surface area is 198 Å². The van der Waals surface area contributed by atoms with E-state index in [2.05, 4.69) is 0 Å². The summed E-state index contributed by atoms with van der Waals surface area (Å²) in [6.07, 6.45) is 1.69. The molecule has 0 saturated carbocycles. The molecule has 0 aliphatic carbocycles. The first kappa shape index (κ1) is 25.1. The number of hydrogen-bond acceptors (Lipinski definition) is 7. The quantitative estimate of drug-likeness (QED) is 0.367. The van der Waals surface area contributed by atoms with Gasteiger partial charge < -0.3 is 24.4 Å². The summed E-state index contributed by atoms with van der Waals surface area (Å²) in [6, 6.07) is 6.68. The molecule has 2 aromatic rings. The van der Waals surface area contributed by atoms with E-state index >= 15 is 0 Å². The highest BCUT2D eigenvalue weighted by Gasteiger charge is 2.30. The second-order valence-electron chi connectivity index (χ2n) is 8.27. The second-order valence-corrected chi connectivity index (χ2v) is 8.27. The SMILES string of the molecule is CCCc1c(OCCCOc2c(C(C)=O)ccc3c2OC(C(=O)O)CC3)ccc(C(C)=O)c1O. The number of rotatable bonds is 11. The highest BCUT2D eigenvalue weighted by molar-refractivity contribution is 5.98. The standard InChI is InChI=1S/C26H30O8/c1-4-6-20-21(12-10-18(15(2)27)23(20)29)32-13-5-14-33-25-19(16(3)28)9-7-17-8-11-22(26(30)31)34-24(17)25/h7,9-10,12,22,29H,4-6,8,11,13-14H2,1-3H3,(H,30,31). The van der Waals surface area contributed by atoms with Crippen LogP contribution in [0.5, 0.6) is 23.0 Å². The van der Waals surface area contributed by atoms with Crippen LogP contribution < -0.4 is 14.2 Å². The predicted octanol–water partition coefficient (Wildman–Crippen LogP) is 4.38. The highest BCUT2D eigenvalue weighted by Crippen LogP contribution is 2.40. The van der Waals surface area contributed by atoms with Crippen molar-refractivity contribution in [3.05, 3.63) is 46.5 Å². The molecule has 0 aromatic heterocycles.